The summed E-state index contributed by atoms with van der Waals surface area (Å²) in [6.07, 6.45) is 6.05. The van der Waals surface area contributed by atoms with Gasteiger partial charge in [0.15, 0.2) is 0 Å². The summed E-state index contributed by atoms with van der Waals surface area (Å²) < 4.78 is 0. The molecule has 2 heteroatoms. The van der Waals surface area contributed by atoms with Crippen LogP contribution in [0.1, 0.15) is 31.2 Å². The van der Waals surface area contributed by atoms with Crippen molar-refractivity contribution in [1.82, 2.24) is 5.32 Å². The van der Waals surface area contributed by atoms with Crippen LogP contribution in [0.3, 0.4) is 0 Å². The fourth-order valence-corrected chi connectivity index (χ4v) is 3.14. The first-order valence-corrected chi connectivity index (χ1v) is 8.32. The number of nitriles is 1. The number of rotatable bonds is 5. The molecule has 1 aliphatic rings. The summed E-state index contributed by atoms with van der Waals surface area (Å²) in [5.74, 6) is 0. The lowest BCUT2D eigenvalue weighted by Crippen LogP contribution is -2.32. The minimum absolute atomic E-state index is 0.497. The zero-order valence-corrected chi connectivity index (χ0v) is 13.3. The molecule has 1 heterocycles. The first-order valence-electron chi connectivity index (χ1n) is 8.32. The summed E-state index contributed by atoms with van der Waals surface area (Å²) in [5, 5.41) is 12.2. The van der Waals surface area contributed by atoms with E-state index < -0.39 is 0 Å². The van der Waals surface area contributed by atoms with Crippen LogP contribution in [0.15, 0.2) is 60.7 Å². The molecule has 2 nitrogen and oxygen atoms in total. The number of benzene rings is 2. The van der Waals surface area contributed by atoms with Gasteiger partial charge >= 0.3 is 0 Å². The molecule has 3 rings (SSSR count). The lowest BCUT2D eigenvalue weighted by atomic mass is 9.92. The maximum Gasteiger partial charge on any atom is 0.0621 e. The van der Waals surface area contributed by atoms with Gasteiger partial charge in [-0.25, -0.2) is 0 Å². The van der Waals surface area contributed by atoms with Crippen LogP contribution >= 0.6 is 0 Å². The average Bonchev–Trinajstić information content (AvgIpc) is 2.63. The van der Waals surface area contributed by atoms with E-state index in [0.717, 1.165) is 25.8 Å². The Labute approximate surface area is 138 Å². The highest BCUT2D eigenvalue weighted by molar-refractivity contribution is 5.71. The molecule has 0 bridgehead atoms. The molecule has 0 aromatic heterocycles. The second-order valence-corrected chi connectivity index (χ2v) is 6.03. The molecule has 0 saturated carbocycles. The molecule has 1 unspecified atom stereocenters. The Balaban J connectivity index is 1.67. The highest BCUT2D eigenvalue weighted by Crippen LogP contribution is 2.27. The summed E-state index contributed by atoms with van der Waals surface area (Å²) >= 11 is 0. The number of hydrogen-bond donors (Lipinski definition) is 1. The summed E-state index contributed by atoms with van der Waals surface area (Å²) in [6, 6.07) is 22.1. The van der Waals surface area contributed by atoms with E-state index in [4.69, 9.17) is 5.26 Å². The van der Waals surface area contributed by atoms with Gasteiger partial charge in [0.1, 0.15) is 0 Å². The molecule has 0 fully saturated rings. The fourth-order valence-electron chi connectivity index (χ4n) is 3.14. The van der Waals surface area contributed by atoms with Gasteiger partial charge in [-0.3, -0.25) is 0 Å². The van der Waals surface area contributed by atoms with Gasteiger partial charge in [0.05, 0.1) is 6.07 Å². The lowest BCUT2D eigenvalue weighted by molar-refractivity contribution is 0.488. The van der Waals surface area contributed by atoms with E-state index in [-0.39, 0.29) is 0 Å². The standard InChI is InChI=1S/C21H22N2/c22-14-5-4-8-21-16-20(13-15-23-21)19-11-9-18(10-12-19)17-6-2-1-3-7-17/h1-3,6-7,9-13,21,23H,4-5,8,15-16H2. The van der Waals surface area contributed by atoms with Crippen molar-refractivity contribution >= 4 is 5.57 Å². The summed E-state index contributed by atoms with van der Waals surface area (Å²) in [7, 11) is 0. The van der Waals surface area contributed by atoms with Gasteiger partial charge in [0, 0.05) is 19.0 Å². The summed E-state index contributed by atoms with van der Waals surface area (Å²) in [6.45, 7) is 0.924. The van der Waals surface area contributed by atoms with Crippen molar-refractivity contribution in [2.24, 2.45) is 0 Å². The molecule has 0 spiro atoms. The van der Waals surface area contributed by atoms with Crippen LogP contribution in [0.25, 0.3) is 16.7 Å². The summed E-state index contributed by atoms with van der Waals surface area (Å²) in [4.78, 5) is 0. The molecule has 0 saturated heterocycles. The van der Waals surface area contributed by atoms with Crippen LogP contribution in [0, 0.1) is 11.3 Å². The second kappa shape index (κ2) is 7.76. The van der Waals surface area contributed by atoms with Crippen LogP contribution in [0.2, 0.25) is 0 Å². The van der Waals surface area contributed by atoms with E-state index in [1.165, 1.54) is 22.3 Å². The van der Waals surface area contributed by atoms with Crippen LogP contribution in [-0.2, 0) is 0 Å². The molecule has 0 amide bonds. The Bertz CT molecular complexity index is 693. The Hall–Kier alpha value is -2.37. The average molecular weight is 302 g/mol. The predicted molar refractivity (Wildman–Crippen MR) is 95.7 cm³/mol. The van der Waals surface area contributed by atoms with E-state index in [9.17, 15) is 0 Å². The van der Waals surface area contributed by atoms with E-state index >= 15 is 0 Å². The minimum Gasteiger partial charge on any atom is -0.310 e. The van der Waals surface area contributed by atoms with Crippen molar-refractivity contribution in [3.63, 3.8) is 0 Å². The molecular formula is C21H22N2. The van der Waals surface area contributed by atoms with Gasteiger partial charge in [-0.2, -0.15) is 5.26 Å². The number of hydrogen-bond acceptors (Lipinski definition) is 2. The zero-order valence-electron chi connectivity index (χ0n) is 13.3. The second-order valence-electron chi connectivity index (χ2n) is 6.03. The Morgan fingerprint density at radius 2 is 1.65 bits per heavy atom. The molecule has 1 N–H and O–H groups in total. The van der Waals surface area contributed by atoms with Crippen molar-refractivity contribution < 1.29 is 0 Å². The van der Waals surface area contributed by atoms with Gasteiger partial charge in [-0.15, -0.1) is 0 Å². The molecule has 1 aliphatic heterocycles. The Kier molecular flexibility index (Phi) is 5.24. The first-order chi connectivity index (χ1) is 11.4. The number of nitrogens with one attached hydrogen (secondary N) is 1. The van der Waals surface area contributed by atoms with Gasteiger partial charge < -0.3 is 5.32 Å². The van der Waals surface area contributed by atoms with Gasteiger partial charge in [0.2, 0.25) is 0 Å². The van der Waals surface area contributed by atoms with Crippen LogP contribution in [-0.4, -0.2) is 12.6 Å². The molecule has 23 heavy (non-hydrogen) atoms. The topological polar surface area (TPSA) is 35.8 Å². The van der Waals surface area contributed by atoms with Crippen molar-refractivity contribution in [2.45, 2.75) is 31.7 Å². The van der Waals surface area contributed by atoms with Gasteiger partial charge in [0.25, 0.3) is 0 Å². The predicted octanol–water partition coefficient (Wildman–Crippen LogP) is 4.79. The van der Waals surface area contributed by atoms with Crippen molar-refractivity contribution in [1.29, 1.82) is 5.26 Å². The third kappa shape index (κ3) is 4.09. The van der Waals surface area contributed by atoms with E-state index in [0.29, 0.717) is 12.5 Å². The minimum atomic E-state index is 0.497. The molecule has 0 aliphatic carbocycles. The van der Waals surface area contributed by atoms with Crippen LogP contribution in [0.5, 0.6) is 0 Å². The molecule has 2 aromatic carbocycles. The quantitative estimate of drug-likeness (QED) is 0.806. The normalized spacial score (nSPS) is 17.3. The van der Waals surface area contributed by atoms with Crippen LogP contribution < -0.4 is 5.32 Å². The van der Waals surface area contributed by atoms with Crippen molar-refractivity contribution in [2.75, 3.05) is 6.54 Å². The van der Waals surface area contributed by atoms with Crippen LogP contribution in [0.4, 0.5) is 0 Å². The Morgan fingerprint density at radius 3 is 2.39 bits per heavy atom. The van der Waals surface area contributed by atoms with Crippen molar-refractivity contribution in [3.8, 4) is 17.2 Å². The maximum absolute atomic E-state index is 8.66. The molecule has 1 atom stereocenters. The zero-order chi connectivity index (χ0) is 15.9. The Morgan fingerprint density at radius 1 is 0.957 bits per heavy atom. The lowest BCUT2D eigenvalue weighted by Gasteiger charge is -2.24. The number of unbranched alkanes of at least 4 members (excludes halogenated alkanes) is 1. The van der Waals surface area contributed by atoms with Gasteiger partial charge in [-0.05, 0) is 41.5 Å². The van der Waals surface area contributed by atoms with E-state index in [2.05, 4.69) is 66.0 Å². The molecule has 116 valence electrons. The first kappa shape index (κ1) is 15.5. The van der Waals surface area contributed by atoms with E-state index in [1.807, 2.05) is 6.07 Å². The highest BCUT2D eigenvalue weighted by atomic mass is 14.9. The molecule has 0 radical (unpaired) electrons. The van der Waals surface area contributed by atoms with E-state index in [1.54, 1.807) is 0 Å². The smallest absolute Gasteiger partial charge is 0.0621 e. The SMILES string of the molecule is N#CCCCC1CC(c2ccc(-c3ccccc3)cc2)=CCN1. The number of nitrogens with zero attached hydrogens (tertiary/aromatic N) is 1. The third-order valence-corrected chi connectivity index (χ3v) is 4.43. The monoisotopic (exact) mass is 302 g/mol. The largest absolute Gasteiger partial charge is 0.310 e. The molecule has 2 aromatic rings. The van der Waals surface area contributed by atoms with Gasteiger partial charge in [-0.1, -0.05) is 60.7 Å². The maximum atomic E-state index is 8.66. The van der Waals surface area contributed by atoms with Crippen molar-refractivity contribution in [3.05, 3.63) is 66.2 Å². The molecular weight excluding hydrogens is 280 g/mol. The third-order valence-electron chi connectivity index (χ3n) is 4.43. The highest BCUT2D eigenvalue weighted by Gasteiger charge is 2.15. The fraction of sp³-hybridized carbons (Fsp3) is 0.286. The summed E-state index contributed by atoms with van der Waals surface area (Å²) in [5.41, 5.74) is 5.25.